The third kappa shape index (κ3) is 4.49. The summed E-state index contributed by atoms with van der Waals surface area (Å²) >= 11 is 1.42. The quantitative estimate of drug-likeness (QED) is 0.631. The van der Waals surface area contributed by atoms with Gasteiger partial charge in [0.2, 0.25) is 5.91 Å². The van der Waals surface area contributed by atoms with Crippen LogP contribution in [0.25, 0.3) is 11.1 Å². The third-order valence-electron chi connectivity index (χ3n) is 4.08. The Hall–Kier alpha value is -2.80. The molecule has 0 aliphatic heterocycles. The lowest BCUT2D eigenvalue weighted by atomic mass is 10.1. The van der Waals surface area contributed by atoms with Crippen LogP contribution in [0.2, 0.25) is 0 Å². The van der Waals surface area contributed by atoms with Gasteiger partial charge in [0.05, 0.1) is 6.54 Å². The number of carbonyl (C=O) groups is 2. The lowest BCUT2D eigenvalue weighted by molar-refractivity contribution is -0.119. The van der Waals surface area contributed by atoms with Gasteiger partial charge in [-0.05, 0) is 37.6 Å². The first-order valence-corrected chi connectivity index (χ1v) is 9.60. The first-order chi connectivity index (χ1) is 13.0. The van der Waals surface area contributed by atoms with Crippen LogP contribution in [0.1, 0.15) is 29.8 Å². The lowest BCUT2D eigenvalue weighted by Gasteiger charge is -2.26. The van der Waals surface area contributed by atoms with E-state index in [0.29, 0.717) is 16.5 Å². The number of para-hydroxylation sites is 2. The fourth-order valence-corrected chi connectivity index (χ4v) is 3.56. The van der Waals surface area contributed by atoms with Gasteiger partial charge in [-0.1, -0.05) is 42.1 Å². The van der Waals surface area contributed by atoms with E-state index in [1.165, 1.54) is 16.7 Å². The topological polar surface area (TPSA) is 89.4 Å². The lowest BCUT2D eigenvalue weighted by Crippen LogP contribution is -2.43. The number of rotatable bonds is 7. The van der Waals surface area contributed by atoms with Crippen molar-refractivity contribution in [1.82, 2.24) is 9.88 Å². The molecule has 0 saturated carbocycles. The molecule has 0 atom stereocenters. The Morgan fingerprint density at radius 1 is 1.15 bits per heavy atom. The fourth-order valence-electron chi connectivity index (χ4n) is 2.72. The van der Waals surface area contributed by atoms with E-state index in [9.17, 15) is 9.59 Å². The molecule has 0 bridgehead atoms. The molecular formula is C20H21N3O3S. The highest BCUT2D eigenvalue weighted by Gasteiger charge is 2.22. The van der Waals surface area contributed by atoms with E-state index in [4.69, 9.17) is 10.2 Å². The summed E-state index contributed by atoms with van der Waals surface area (Å²) in [6, 6.07) is 14.8. The van der Waals surface area contributed by atoms with Crippen molar-refractivity contribution in [3.05, 3.63) is 59.7 Å². The van der Waals surface area contributed by atoms with Crippen molar-refractivity contribution in [3.8, 4) is 0 Å². The molecule has 0 spiro atoms. The molecule has 2 amide bonds. The number of fused-ring (bicyclic) bond motifs is 1. The predicted octanol–water partition coefficient (Wildman–Crippen LogP) is 3.46. The number of thioether (sulfide) groups is 1. The number of benzene rings is 2. The van der Waals surface area contributed by atoms with E-state index in [0.717, 1.165) is 16.7 Å². The maximum Gasteiger partial charge on any atom is 0.257 e. The predicted molar refractivity (Wildman–Crippen MR) is 105 cm³/mol. The van der Waals surface area contributed by atoms with Gasteiger partial charge in [-0.15, -0.1) is 0 Å². The molecular weight excluding hydrogens is 362 g/mol. The number of hydrogen-bond acceptors (Lipinski definition) is 5. The van der Waals surface area contributed by atoms with Crippen LogP contribution < -0.4 is 5.73 Å². The number of carbonyl (C=O) groups excluding carboxylic acids is 2. The van der Waals surface area contributed by atoms with Gasteiger partial charge in [0.15, 0.2) is 5.58 Å². The molecule has 0 aliphatic rings. The minimum absolute atomic E-state index is 0.108. The molecule has 0 fully saturated rings. The number of nitrogens with two attached hydrogens (primary N) is 1. The molecule has 6 nitrogen and oxygen atoms in total. The second-order valence-electron chi connectivity index (χ2n) is 6.39. The number of hydrogen-bond donors (Lipinski definition) is 1. The van der Waals surface area contributed by atoms with Gasteiger partial charge < -0.3 is 15.1 Å². The van der Waals surface area contributed by atoms with Crippen molar-refractivity contribution in [1.29, 1.82) is 0 Å². The van der Waals surface area contributed by atoms with Crippen molar-refractivity contribution in [3.63, 3.8) is 0 Å². The summed E-state index contributed by atoms with van der Waals surface area (Å²) in [5.74, 6) is -0.218. The molecule has 7 heteroatoms. The molecule has 0 saturated heterocycles. The van der Waals surface area contributed by atoms with E-state index >= 15 is 0 Å². The average molecular weight is 383 g/mol. The number of primary amides is 1. The van der Waals surface area contributed by atoms with E-state index in [1.807, 2.05) is 56.3 Å². The average Bonchev–Trinajstić information content (AvgIpc) is 3.07. The Bertz CT molecular complexity index is 935. The Morgan fingerprint density at radius 2 is 1.85 bits per heavy atom. The van der Waals surface area contributed by atoms with E-state index < -0.39 is 5.91 Å². The summed E-state index contributed by atoms with van der Waals surface area (Å²) in [5, 5.41) is 0.552. The van der Waals surface area contributed by atoms with Crippen molar-refractivity contribution in [2.75, 3.05) is 6.54 Å². The minimum atomic E-state index is -0.532. The SMILES string of the molecule is CC(C)N(CC(N)=O)C(=O)c1ccccc1CSc1nc2ccccc2o1. The van der Waals surface area contributed by atoms with Crippen LogP contribution in [-0.2, 0) is 10.5 Å². The minimum Gasteiger partial charge on any atom is -0.431 e. The molecule has 1 heterocycles. The van der Waals surface area contributed by atoms with E-state index in [-0.39, 0.29) is 18.5 Å². The number of oxazole rings is 1. The highest BCUT2D eigenvalue weighted by molar-refractivity contribution is 7.98. The van der Waals surface area contributed by atoms with Crippen LogP contribution in [0.4, 0.5) is 0 Å². The summed E-state index contributed by atoms with van der Waals surface area (Å²) in [4.78, 5) is 30.2. The zero-order valence-corrected chi connectivity index (χ0v) is 16.0. The normalized spacial score (nSPS) is 11.1. The molecule has 0 radical (unpaired) electrons. The first-order valence-electron chi connectivity index (χ1n) is 8.61. The Kier molecular flexibility index (Phi) is 5.81. The highest BCUT2D eigenvalue weighted by Crippen LogP contribution is 2.27. The monoisotopic (exact) mass is 383 g/mol. The van der Waals surface area contributed by atoms with E-state index in [2.05, 4.69) is 4.98 Å². The summed E-state index contributed by atoms with van der Waals surface area (Å²) in [6.45, 7) is 3.61. The van der Waals surface area contributed by atoms with Crippen LogP contribution in [0.15, 0.2) is 58.2 Å². The number of amides is 2. The van der Waals surface area contributed by atoms with Crippen molar-refractivity contribution < 1.29 is 14.0 Å². The molecule has 1 aromatic heterocycles. The molecule has 2 N–H and O–H groups in total. The molecule has 3 rings (SSSR count). The maximum absolute atomic E-state index is 13.0. The number of nitrogens with zero attached hydrogens (tertiary/aromatic N) is 2. The van der Waals surface area contributed by atoms with Crippen molar-refractivity contribution >= 4 is 34.7 Å². The van der Waals surface area contributed by atoms with Gasteiger partial charge in [0, 0.05) is 17.4 Å². The summed E-state index contributed by atoms with van der Waals surface area (Å²) in [6.07, 6.45) is 0. The van der Waals surface area contributed by atoms with E-state index in [1.54, 1.807) is 6.07 Å². The van der Waals surface area contributed by atoms with Gasteiger partial charge in [0.1, 0.15) is 5.52 Å². The van der Waals surface area contributed by atoms with Crippen LogP contribution >= 0.6 is 11.8 Å². The third-order valence-corrected chi connectivity index (χ3v) is 4.96. The highest BCUT2D eigenvalue weighted by atomic mass is 32.2. The maximum atomic E-state index is 13.0. The molecule has 0 unspecified atom stereocenters. The number of aromatic nitrogens is 1. The van der Waals surface area contributed by atoms with Gasteiger partial charge >= 0.3 is 0 Å². The van der Waals surface area contributed by atoms with Crippen molar-refractivity contribution in [2.45, 2.75) is 30.9 Å². The fraction of sp³-hybridized carbons (Fsp3) is 0.250. The molecule has 3 aromatic rings. The summed E-state index contributed by atoms with van der Waals surface area (Å²) < 4.78 is 5.72. The summed E-state index contributed by atoms with van der Waals surface area (Å²) in [7, 11) is 0. The smallest absolute Gasteiger partial charge is 0.257 e. The molecule has 27 heavy (non-hydrogen) atoms. The Morgan fingerprint density at radius 3 is 2.56 bits per heavy atom. The van der Waals surface area contributed by atoms with Gasteiger partial charge in [0.25, 0.3) is 11.1 Å². The molecule has 0 aliphatic carbocycles. The second-order valence-corrected chi connectivity index (χ2v) is 7.31. The Labute approximate surface area is 161 Å². The summed E-state index contributed by atoms with van der Waals surface area (Å²) in [5.41, 5.74) is 8.24. The zero-order chi connectivity index (χ0) is 19.4. The van der Waals surface area contributed by atoms with Crippen LogP contribution in [0.5, 0.6) is 0 Å². The zero-order valence-electron chi connectivity index (χ0n) is 15.2. The largest absolute Gasteiger partial charge is 0.431 e. The molecule has 140 valence electrons. The first kappa shape index (κ1) is 19.0. The second kappa shape index (κ2) is 8.26. The van der Waals surface area contributed by atoms with Crippen LogP contribution in [0, 0.1) is 0 Å². The van der Waals surface area contributed by atoms with Crippen LogP contribution in [-0.4, -0.2) is 34.3 Å². The van der Waals surface area contributed by atoms with Crippen LogP contribution in [0.3, 0.4) is 0 Å². The van der Waals surface area contributed by atoms with Gasteiger partial charge in [-0.25, -0.2) is 4.98 Å². The molecule has 2 aromatic carbocycles. The van der Waals surface area contributed by atoms with Gasteiger partial charge in [-0.3, -0.25) is 9.59 Å². The Balaban J connectivity index is 1.80. The standard InChI is InChI=1S/C20H21N3O3S/c1-13(2)23(11-18(21)24)19(25)15-8-4-3-7-14(15)12-27-20-22-16-9-5-6-10-17(16)26-20/h3-10,13H,11-12H2,1-2H3,(H2,21,24). The van der Waals surface area contributed by atoms with Crippen molar-refractivity contribution in [2.24, 2.45) is 5.73 Å². The van der Waals surface area contributed by atoms with Gasteiger partial charge in [-0.2, -0.15) is 0 Å².